The molecule has 0 spiro atoms. The van der Waals surface area contributed by atoms with Gasteiger partial charge in [-0.2, -0.15) is 0 Å². The van der Waals surface area contributed by atoms with E-state index in [-0.39, 0.29) is 0 Å². The molecule has 0 aromatic heterocycles. The van der Waals surface area contributed by atoms with E-state index in [1.807, 2.05) is 7.05 Å². The van der Waals surface area contributed by atoms with E-state index < -0.39 is 0 Å². The first-order valence-corrected chi connectivity index (χ1v) is 6.76. The third-order valence-corrected chi connectivity index (χ3v) is 4.29. The van der Waals surface area contributed by atoms with Crippen LogP contribution in [-0.4, -0.2) is 50.8 Å². The molecule has 0 amide bonds. The summed E-state index contributed by atoms with van der Waals surface area (Å²) in [5.74, 6) is 0.678. The second-order valence-corrected chi connectivity index (χ2v) is 5.42. The zero-order valence-electron chi connectivity index (χ0n) is 10.7. The normalized spacial score (nSPS) is 32.4. The maximum absolute atomic E-state index is 5.56. The van der Waals surface area contributed by atoms with Gasteiger partial charge in [-0.3, -0.25) is 0 Å². The van der Waals surface area contributed by atoms with Gasteiger partial charge in [-0.05, 0) is 26.9 Å². The van der Waals surface area contributed by atoms with E-state index in [0.717, 1.165) is 19.3 Å². The fourth-order valence-electron chi connectivity index (χ4n) is 3.14. The van der Waals surface area contributed by atoms with Crippen LogP contribution in [0, 0.1) is 5.92 Å². The third kappa shape index (κ3) is 2.96. The Morgan fingerprint density at radius 3 is 2.62 bits per heavy atom. The highest BCUT2D eigenvalue weighted by atomic mass is 16.5. The number of hydrogen-bond donors (Lipinski definition) is 1. The SMILES string of the molecule is CNC1COCC1CN(C)C1CCCCC1. The Bertz CT molecular complexity index is 204. The Morgan fingerprint density at radius 2 is 1.94 bits per heavy atom. The molecule has 2 atom stereocenters. The van der Waals surface area contributed by atoms with Crippen molar-refractivity contribution in [2.45, 2.75) is 44.2 Å². The fourth-order valence-corrected chi connectivity index (χ4v) is 3.14. The molecular weight excluding hydrogens is 200 g/mol. The standard InChI is InChI=1S/C13H26N2O/c1-14-13-10-16-9-11(13)8-15(2)12-6-4-3-5-7-12/h11-14H,3-10H2,1-2H3. The van der Waals surface area contributed by atoms with Crippen LogP contribution >= 0.6 is 0 Å². The van der Waals surface area contributed by atoms with Gasteiger partial charge in [-0.25, -0.2) is 0 Å². The topological polar surface area (TPSA) is 24.5 Å². The molecule has 2 fully saturated rings. The summed E-state index contributed by atoms with van der Waals surface area (Å²) in [6.07, 6.45) is 7.08. The fraction of sp³-hybridized carbons (Fsp3) is 1.00. The minimum atomic E-state index is 0.561. The maximum Gasteiger partial charge on any atom is 0.0623 e. The number of nitrogens with one attached hydrogen (secondary N) is 1. The van der Waals surface area contributed by atoms with Gasteiger partial charge in [0.15, 0.2) is 0 Å². The van der Waals surface area contributed by atoms with E-state index in [0.29, 0.717) is 12.0 Å². The van der Waals surface area contributed by atoms with Crippen LogP contribution in [0.3, 0.4) is 0 Å². The first kappa shape index (κ1) is 12.3. The molecule has 1 saturated heterocycles. The molecule has 0 bridgehead atoms. The van der Waals surface area contributed by atoms with Crippen molar-refractivity contribution >= 4 is 0 Å². The van der Waals surface area contributed by atoms with E-state index >= 15 is 0 Å². The summed E-state index contributed by atoms with van der Waals surface area (Å²) in [5, 5.41) is 3.37. The lowest BCUT2D eigenvalue weighted by molar-refractivity contribution is 0.143. The molecule has 0 aromatic carbocycles. The van der Waals surface area contributed by atoms with Crippen LogP contribution in [0.2, 0.25) is 0 Å². The molecule has 2 rings (SSSR count). The lowest BCUT2D eigenvalue weighted by atomic mass is 9.93. The molecule has 1 saturated carbocycles. The van der Waals surface area contributed by atoms with Gasteiger partial charge in [-0.15, -0.1) is 0 Å². The number of ether oxygens (including phenoxy) is 1. The predicted octanol–water partition coefficient (Wildman–Crippen LogP) is 1.49. The zero-order valence-corrected chi connectivity index (χ0v) is 10.7. The van der Waals surface area contributed by atoms with Gasteiger partial charge in [0.25, 0.3) is 0 Å². The number of nitrogens with zero attached hydrogens (tertiary/aromatic N) is 1. The lowest BCUT2D eigenvalue weighted by Gasteiger charge is -2.33. The number of likely N-dealkylation sites (N-methyl/N-ethyl adjacent to an activating group) is 1. The van der Waals surface area contributed by atoms with Crippen LogP contribution in [0.15, 0.2) is 0 Å². The molecule has 2 aliphatic rings. The van der Waals surface area contributed by atoms with Crippen molar-refractivity contribution in [1.29, 1.82) is 0 Å². The quantitative estimate of drug-likeness (QED) is 0.786. The summed E-state index contributed by atoms with van der Waals surface area (Å²) < 4.78 is 5.56. The van der Waals surface area contributed by atoms with Crippen molar-refractivity contribution in [3.63, 3.8) is 0 Å². The average Bonchev–Trinajstić information content (AvgIpc) is 2.77. The second-order valence-electron chi connectivity index (χ2n) is 5.42. The zero-order chi connectivity index (χ0) is 11.4. The molecule has 16 heavy (non-hydrogen) atoms. The van der Waals surface area contributed by atoms with Gasteiger partial charge in [-0.1, -0.05) is 19.3 Å². The summed E-state index contributed by atoms with van der Waals surface area (Å²) >= 11 is 0. The molecule has 94 valence electrons. The monoisotopic (exact) mass is 226 g/mol. The van der Waals surface area contributed by atoms with Gasteiger partial charge in [0, 0.05) is 24.5 Å². The smallest absolute Gasteiger partial charge is 0.0623 e. The molecular formula is C13H26N2O. The summed E-state index contributed by atoms with van der Waals surface area (Å²) in [6, 6.07) is 1.39. The Morgan fingerprint density at radius 1 is 1.19 bits per heavy atom. The predicted molar refractivity (Wildman–Crippen MR) is 66.7 cm³/mol. The third-order valence-electron chi connectivity index (χ3n) is 4.29. The molecule has 1 heterocycles. The van der Waals surface area contributed by atoms with Crippen molar-refractivity contribution in [3.8, 4) is 0 Å². The Hall–Kier alpha value is -0.120. The van der Waals surface area contributed by atoms with E-state index in [4.69, 9.17) is 4.74 Å². The molecule has 3 nitrogen and oxygen atoms in total. The Labute approximate surface area is 99.5 Å². The van der Waals surface area contributed by atoms with E-state index in [1.165, 1.54) is 38.6 Å². The minimum absolute atomic E-state index is 0.561. The summed E-state index contributed by atoms with van der Waals surface area (Å²) in [7, 11) is 4.34. The molecule has 2 unspecified atom stereocenters. The van der Waals surface area contributed by atoms with Gasteiger partial charge in [0.1, 0.15) is 0 Å². The van der Waals surface area contributed by atoms with Gasteiger partial charge < -0.3 is 15.0 Å². The molecule has 1 aliphatic carbocycles. The highest BCUT2D eigenvalue weighted by Gasteiger charge is 2.29. The van der Waals surface area contributed by atoms with Crippen LogP contribution in [0.25, 0.3) is 0 Å². The van der Waals surface area contributed by atoms with Crippen molar-refractivity contribution < 1.29 is 4.74 Å². The molecule has 0 aromatic rings. The van der Waals surface area contributed by atoms with Crippen molar-refractivity contribution in [1.82, 2.24) is 10.2 Å². The first-order valence-electron chi connectivity index (χ1n) is 6.76. The lowest BCUT2D eigenvalue weighted by Crippen LogP contribution is -2.43. The average molecular weight is 226 g/mol. The van der Waals surface area contributed by atoms with Crippen LogP contribution in [0.1, 0.15) is 32.1 Å². The minimum Gasteiger partial charge on any atom is -0.379 e. The summed E-state index contributed by atoms with van der Waals surface area (Å²) in [4.78, 5) is 2.57. The van der Waals surface area contributed by atoms with Gasteiger partial charge in [0.05, 0.1) is 13.2 Å². The van der Waals surface area contributed by atoms with E-state index in [1.54, 1.807) is 0 Å². The largest absolute Gasteiger partial charge is 0.379 e. The Kier molecular flexibility index (Phi) is 4.62. The Balaban J connectivity index is 1.78. The van der Waals surface area contributed by atoms with Crippen molar-refractivity contribution in [2.75, 3.05) is 33.9 Å². The van der Waals surface area contributed by atoms with Gasteiger partial charge >= 0.3 is 0 Å². The van der Waals surface area contributed by atoms with Crippen molar-refractivity contribution in [3.05, 3.63) is 0 Å². The highest BCUT2D eigenvalue weighted by molar-refractivity contribution is 4.84. The van der Waals surface area contributed by atoms with Crippen LogP contribution in [0.4, 0.5) is 0 Å². The summed E-state index contributed by atoms with van der Waals surface area (Å²) in [6.45, 7) is 3.01. The van der Waals surface area contributed by atoms with Crippen LogP contribution in [0.5, 0.6) is 0 Å². The second kappa shape index (κ2) is 5.99. The van der Waals surface area contributed by atoms with Crippen LogP contribution in [-0.2, 0) is 4.74 Å². The van der Waals surface area contributed by atoms with Crippen LogP contribution < -0.4 is 5.32 Å². The summed E-state index contributed by atoms with van der Waals surface area (Å²) in [5.41, 5.74) is 0. The first-order chi connectivity index (χ1) is 7.81. The number of rotatable bonds is 4. The van der Waals surface area contributed by atoms with E-state index in [9.17, 15) is 0 Å². The molecule has 0 radical (unpaired) electrons. The number of hydrogen-bond acceptors (Lipinski definition) is 3. The molecule has 1 aliphatic heterocycles. The maximum atomic E-state index is 5.56. The molecule has 1 N–H and O–H groups in total. The van der Waals surface area contributed by atoms with Gasteiger partial charge in [0.2, 0.25) is 0 Å². The molecule has 3 heteroatoms. The van der Waals surface area contributed by atoms with E-state index in [2.05, 4.69) is 17.3 Å². The van der Waals surface area contributed by atoms with Crippen molar-refractivity contribution in [2.24, 2.45) is 5.92 Å². The highest BCUT2D eigenvalue weighted by Crippen LogP contribution is 2.23.